The average Bonchev–Trinajstić information content (AvgIpc) is 2.68. The van der Waals surface area contributed by atoms with Gasteiger partial charge in [0.05, 0.1) is 5.02 Å². The Morgan fingerprint density at radius 1 is 1.13 bits per heavy atom. The third-order valence-corrected chi connectivity index (χ3v) is 7.54. The smallest absolute Gasteiger partial charge is 0.413 e. The molecule has 10 heteroatoms. The Morgan fingerprint density at radius 3 is 2.26 bits per heavy atom. The van der Waals surface area contributed by atoms with Crippen molar-refractivity contribution in [3.05, 3.63) is 59.1 Å². The number of nitrogens with two attached hydrogens (primary N) is 1. The molecule has 0 aliphatic carbocycles. The summed E-state index contributed by atoms with van der Waals surface area (Å²) in [6.07, 6.45) is -0.315. The third-order valence-electron chi connectivity index (χ3n) is 5.14. The second-order valence-corrected chi connectivity index (χ2v) is 10.0. The summed E-state index contributed by atoms with van der Waals surface area (Å²) in [7, 11) is -3.74. The zero-order valence-corrected chi connectivity index (χ0v) is 19.8. The molecule has 2 aromatic carbocycles. The zero-order chi connectivity index (χ0) is 21.9. The van der Waals surface area contributed by atoms with Crippen LogP contribution in [-0.4, -0.2) is 37.6 Å². The van der Waals surface area contributed by atoms with Gasteiger partial charge in [0.15, 0.2) is 5.72 Å². The van der Waals surface area contributed by atoms with Gasteiger partial charge in [0, 0.05) is 31.6 Å². The number of hydrogen-bond donors (Lipinski definition) is 2. The van der Waals surface area contributed by atoms with Crippen molar-refractivity contribution in [3.63, 3.8) is 0 Å². The number of hydrogen-bond acceptors (Lipinski definition) is 5. The summed E-state index contributed by atoms with van der Waals surface area (Å²) >= 11 is 6.05. The number of carbonyl (C=O) groups is 1. The molecule has 2 aromatic rings. The Labute approximate surface area is 194 Å². The summed E-state index contributed by atoms with van der Waals surface area (Å²) in [5.74, 6) is 0.394. The molecule has 0 aromatic heterocycles. The van der Waals surface area contributed by atoms with Crippen molar-refractivity contribution in [2.24, 2.45) is 5.73 Å². The zero-order valence-electron chi connectivity index (χ0n) is 17.4. The molecular formula is C21H27Cl2N3O4S. The summed E-state index contributed by atoms with van der Waals surface area (Å²) in [5, 5.41) is 2.83. The van der Waals surface area contributed by atoms with Crippen molar-refractivity contribution in [2.45, 2.75) is 43.2 Å². The van der Waals surface area contributed by atoms with Crippen LogP contribution in [0, 0.1) is 0 Å². The van der Waals surface area contributed by atoms with Gasteiger partial charge >= 0.3 is 6.09 Å². The number of benzene rings is 2. The summed E-state index contributed by atoms with van der Waals surface area (Å²) in [4.78, 5) is 12.3. The summed E-state index contributed by atoms with van der Waals surface area (Å²) in [6, 6.07) is 13.8. The van der Waals surface area contributed by atoms with Crippen LogP contribution in [0.15, 0.2) is 53.4 Å². The van der Waals surface area contributed by atoms with E-state index in [1.54, 1.807) is 24.3 Å². The van der Waals surface area contributed by atoms with E-state index >= 15 is 0 Å². The number of ether oxygens (including phenoxy) is 1. The van der Waals surface area contributed by atoms with Crippen LogP contribution in [0.3, 0.4) is 0 Å². The standard InChI is InChI=1S/C21H26ClN3O4S.ClH/c1-15(2)16-7-9-17(10-8-16)24-20(26)29-21(23)11-13-25(14-12-21)30(27,28)19-6-4-3-5-18(19)22;/h3-10,15H,11-14,23H2,1-2H3,(H,24,26);1H. The van der Waals surface area contributed by atoms with Crippen LogP contribution in [0.25, 0.3) is 0 Å². The van der Waals surface area contributed by atoms with Gasteiger partial charge in [0.2, 0.25) is 10.0 Å². The van der Waals surface area contributed by atoms with Crippen molar-refractivity contribution in [2.75, 3.05) is 18.4 Å². The Kier molecular flexibility index (Phi) is 8.35. The number of nitrogens with one attached hydrogen (secondary N) is 1. The van der Waals surface area contributed by atoms with Gasteiger partial charge in [-0.2, -0.15) is 4.31 Å². The molecule has 1 amide bonds. The fourth-order valence-corrected chi connectivity index (χ4v) is 5.21. The van der Waals surface area contributed by atoms with E-state index in [9.17, 15) is 13.2 Å². The SMILES string of the molecule is CC(C)c1ccc(NC(=O)OC2(N)CCN(S(=O)(=O)c3ccccc3Cl)CC2)cc1.Cl. The lowest BCUT2D eigenvalue weighted by Crippen LogP contribution is -2.54. The number of anilines is 1. The average molecular weight is 488 g/mol. The fraction of sp³-hybridized carbons (Fsp3) is 0.381. The van der Waals surface area contributed by atoms with Gasteiger partial charge in [0.1, 0.15) is 4.90 Å². The van der Waals surface area contributed by atoms with Gasteiger partial charge in [-0.1, -0.05) is 49.7 Å². The molecule has 0 atom stereocenters. The number of nitrogens with zero attached hydrogens (tertiary/aromatic N) is 1. The maximum Gasteiger partial charge on any atom is 0.413 e. The lowest BCUT2D eigenvalue weighted by molar-refractivity contribution is -0.0116. The maximum absolute atomic E-state index is 12.8. The molecule has 0 bridgehead atoms. The Hall–Kier alpha value is -1.84. The topological polar surface area (TPSA) is 102 Å². The first kappa shape index (κ1) is 25.4. The first-order chi connectivity index (χ1) is 14.1. The predicted molar refractivity (Wildman–Crippen MR) is 124 cm³/mol. The lowest BCUT2D eigenvalue weighted by atomic mass is 10.0. The van der Waals surface area contributed by atoms with E-state index in [4.69, 9.17) is 22.1 Å². The molecule has 3 rings (SSSR count). The summed E-state index contributed by atoms with van der Waals surface area (Å²) in [6.45, 7) is 4.43. The van der Waals surface area contributed by atoms with Gasteiger partial charge in [-0.05, 0) is 35.7 Å². The predicted octanol–water partition coefficient (Wildman–Crippen LogP) is 4.57. The minimum absolute atomic E-state index is 0. The Morgan fingerprint density at radius 2 is 1.71 bits per heavy atom. The lowest BCUT2D eigenvalue weighted by Gasteiger charge is -2.37. The van der Waals surface area contributed by atoms with Crippen LogP contribution in [-0.2, 0) is 14.8 Å². The fourth-order valence-electron chi connectivity index (χ4n) is 3.28. The van der Waals surface area contributed by atoms with Crippen LogP contribution in [0.2, 0.25) is 5.02 Å². The van der Waals surface area contributed by atoms with E-state index in [0.717, 1.165) is 5.56 Å². The van der Waals surface area contributed by atoms with Crippen LogP contribution < -0.4 is 11.1 Å². The van der Waals surface area contributed by atoms with Crippen molar-refractivity contribution >= 4 is 45.8 Å². The minimum atomic E-state index is -3.74. The van der Waals surface area contributed by atoms with Gasteiger partial charge in [-0.25, -0.2) is 13.2 Å². The molecule has 170 valence electrons. The third kappa shape index (κ3) is 6.11. The van der Waals surface area contributed by atoms with Crippen LogP contribution in [0.4, 0.5) is 10.5 Å². The van der Waals surface area contributed by atoms with Crippen molar-refractivity contribution in [3.8, 4) is 0 Å². The highest BCUT2D eigenvalue weighted by molar-refractivity contribution is 7.89. The number of rotatable bonds is 5. The first-order valence-electron chi connectivity index (χ1n) is 9.74. The Balaban J connectivity index is 0.00000341. The highest BCUT2D eigenvalue weighted by Gasteiger charge is 2.39. The molecule has 0 radical (unpaired) electrons. The second-order valence-electron chi connectivity index (χ2n) is 7.69. The van der Waals surface area contributed by atoms with Crippen LogP contribution in [0.1, 0.15) is 38.2 Å². The van der Waals surface area contributed by atoms with Gasteiger partial charge in [-0.15, -0.1) is 12.4 Å². The van der Waals surface area contributed by atoms with E-state index < -0.39 is 21.8 Å². The number of amides is 1. The van der Waals surface area contributed by atoms with Crippen molar-refractivity contribution in [1.82, 2.24) is 4.31 Å². The first-order valence-corrected chi connectivity index (χ1v) is 11.6. The van der Waals surface area contributed by atoms with Crippen molar-refractivity contribution in [1.29, 1.82) is 0 Å². The monoisotopic (exact) mass is 487 g/mol. The molecule has 3 N–H and O–H groups in total. The van der Waals surface area contributed by atoms with E-state index in [-0.39, 0.29) is 48.3 Å². The van der Waals surface area contributed by atoms with Gasteiger partial charge in [-0.3, -0.25) is 11.1 Å². The number of sulfonamides is 1. The molecule has 1 heterocycles. The van der Waals surface area contributed by atoms with E-state index in [0.29, 0.717) is 11.6 Å². The number of piperidine rings is 1. The second kappa shape index (κ2) is 10.2. The van der Waals surface area contributed by atoms with Crippen LogP contribution in [0.5, 0.6) is 0 Å². The van der Waals surface area contributed by atoms with Gasteiger partial charge in [0.25, 0.3) is 0 Å². The van der Waals surface area contributed by atoms with E-state index in [2.05, 4.69) is 19.2 Å². The quantitative estimate of drug-likeness (QED) is 0.601. The molecule has 0 spiro atoms. The minimum Gasteiger partial charge on any atom is -0.428 e. The molecule has 1 fully saturated rings. The number of carbonyl (C=O) groups excluding carboxylic acids is 1. The largest absolute Gasteiger partial charge is 0.428 e. The van der Waals surface area contributed by atoms with E-state index in [1.165, 1.54) is 16.4 Å². The van der Waals surface area contributed by atoms with Crippen molar-refractivity contribution < 1.29 is 17.9 Å². The molecule has 7 nitrogen and oxygen atoms in total. The summed E-state index contributed by atoms with van der Waals surface area (Å²) in [5.41, 5.74) is 6.75. The van der Waals surface area contributed by atoms with Gasteiger partial charge < -0.3 is 4.74 Å². The Bertz CT molecular complexity index is 1010. The highest BCUT2D eigenvalue weighted by Crippen LogP contribution is 2.29. The maximum atomic E-state index is 12.8. The van der Waals surface area contributed by atoms with E-state index in [1.807, 2.05) is 12.1 Å². The molecule has 31 heavy (non-hydrogen) atoms. The molecule has 1 saturated heterocycles. The molecule has 1 aliphatic heterocycles. The molecule has 0 saturated carbocycles. The normalized spacial score (nSPS) is 16.4. The summed E-state index contributed by atoms with van der Waals surface area (Å²) < 4.78 is 32.4. The van der Waals surface area contributed by atoms with Crippen LogP contribution >= 0.6 is 24.0 Å². The molecule has 0 unspecified atom stereocenters. The molecule has 1 aliphatic rings. The highest BCUT2D eigenvalue weighted by atomic mass is 35.5. The molecular weight excluding hydrogens is 461 g/mol. The number of halogens is 2.